The summed E-state index contributed by atoms with van der Waals surface area (Å²) in [6.45, 7) is 2.25. The molecule has 106 valence electrons. The summed E-state index contributed by atoms with van der Waals surface area (Å²) in [5.74, 6) is 0.591. The van der Waals surface area contributed by atoms with Crippen LogP contribution in [0, 0.1) is 5.41 Å². The van der Waals surface area contributed by atoms with E-state index >= 15 is 0 Å². The average molecular weight is 322 g/mol. The van der Waals surface area contributed by atoms with Crippen molar-refractivity contribution in [3.63, 3.8) is 0 Å². The van der Waals surface area contributed by atoms with Gasteiger partial charge in [-0.15, -0.1) is 11.6 Å². The van der Waals surface area contributed by atoms with E-state index in [1.165, 1.54) is 19.3 Å². The normalized spacial score (nSPS) is 20.1. The first-order valence-electron chi connectivity index (χ1n) is 6.65. The Balaban J connectivity index is 2.33. The van der Waals surface area contributed by atoms with E-state index in [4.69, 9.17) is 39.5 Å². The van der Waals surface area contributed by atoms with Crippen LogP contribution in [-0.2, 0) is 0 Å². The van der Waals surface area contributed by atoms with Crippen LogP contribution < -0.4 is 4.74 Å². The largest absolute Gasteiger partial charge is 0.495 e. The standard InChI is InChI=1S/C15H19Cl3O/c1-15(6-4-3-5-7-15)14(18)10-8-12(17)13(19-2)9-11(10)16/h8-9,14H,3-7H2,1-2H3. The van der Waals surface area contributed by atoms with Crippen molar-refractivity contribution in [2.24, 2.45) is 5.41 Å². The van der Waals surface area contributed by atoms with Gasteiger partial charge in [0, 0.05) is 11.1 Å². The first-order valence-corrected chi connectivity index (χ1v) is 7.84. The molecular formula is C15H19Cl3O. The molecule has 4 heteroatoms. The van der Waals surface area contributed by atoms with Crippen LogP contribution in [0.1, 0.15) is 50.0 Å². The van der Waals surface area contributed by atoms with Crippen molar-refractivity contribution in [1.82, 2.24) is 0 Å². The van der Waals surface area contributed by atoms with Crippen LogP contribution in [0.15, 0.2) is 12.1 Å². The minimum absolute atomic E-state index is 0.0986. The zero-order valence-corrected chi connectivity index (χ0v) is 13.6. The Labute approximate surface area is 130 Å². The summed E-state index contributed by atoms with van der Waals surface area (Å²) in [5, 5.41) is 1.09. The first kappa shape index (κ1) is 15.3. The van der Waals surface area contributed by atoms with Gasteiger partial charge in [0.15, 0.2) is 0 Å². The molecular weight excluding hydrogens is 303 g/mol. The number of alkyl halides is 1. The fraction of sp³-hybridized carbons (Fsp3) is 0.600. The number of benzene rings is 1. The van der Waals surface area contributed by atoms with E-state index in [0.717, 1.165) is 18.4 Å². The smallest absolute Gasteiger partial charge is 0.138 e. The molecule has 0 heterocycles. The van der Waals surface area contributed by atoms with Crippen LogP contribution in [-0.4, -0.2) is 7.11 Å². The van der Waals surface area contributed by atoms with Gasteiger partial charge in [-0.3, -0.25) is 0 Å². The molecule has 0 saturated heterocycles. The zero-order valence-electron chi connectivity index (χ0n) is 11.3. The Kier molecular flexibility index (Phi) is 4.92. The Morgan fingerprint density at radius 1 is 1.11 bits per heavy atom. The quantitative estimate of drug-likeness (QED) is 0.598. The van der Waals surface area contributed by atoms with E-state index in [-0.39, 0.29) is 10.8 Å². The molecule has 1 unspecified atom stereocenters. The van der Waals surface area contributed by atoms with Gasteiger partial charge in [-0.2, -0.15) is 0 Å². The highest BCUT2D eigenvalue weighted by atomic mass is 35.5. The SMILES string of the molecule is COc1cc(Cl)c(C(Cl)C2(C)CCCCC2)cc1Cl. The number of methoxy groups -OCH3 is 1. The number of hydrogen-bond acceptors (Lipinski definition) is 1. The number of halogens is 3. The van der Waals surface area contributed by atoms with Gasteiger partial charge in [0.1, 0.15) is 5.75 Å². The van der Waals surface area contributed by atoms with Crippen molar-refractivity contribution < 1.29 is 4.74 Å². The second kappa shape index (κ2) is 6.11. The lowest BCUT2D eigenvalue weighted by Crippen LogP contribution is -2.25. The van der Waals surface area contributed by atoms with Crippen molar-refractivity contribution in [3.8, 4) is 5.75 Å². The van der Waals surface area contributed by atoms with Crippen molar-refractivity contribution in [2.45, 2.75) is 44.4 Å². The predicted molar refractivity (Wildman–Crippen MR) is 82.8 cm³/mol. The summed E-state index contributed by atoms with van der Waals surface area (Å²) in [7, 11) is 1.58. The summed E-state index contributed by atoms with van der Waals surface area (Å²) in [6, 6.07) is 3.60. The number of rotatable bonds is 3. The van der Waals surface area contributed by atoms with E-state index in [0.29, 0.717) is 15.8 Å². The number of hydrogen-bond donors (Lipinski definition) is 0. The van der Waals surface area contributed by atoms with E-state index in [1.54, 1.807) is 13.2 Å². The van der Waals surface area contributed by atoms with Crippen molar-refractivity contribution in [3.05, 3.63) is 27.7 Å². The molecule has 1 aromatic rings. The molecule has 0 N–H and O–H groups in total. The average Bonchev–Trinajstić information content (AvgIpc) is 2.41. The molecule has 19 heavy (non-hydrogen) atoms. The van der Waals surface area contributed by atoms with Crippen molar-refractivity contribution in [1.29, 1.82) is 0 Å². The molecule has 2 rings (SSSR count). The highest BCUT2D eigenvalue weighted by molar-refractivity contribution is 6.35. The van der Waals surface area contributed by atoms with E-state index in [9.17, 15) is 0 Å². The lowest BCUT2D eigenvalue weighted by molar-refractivity contribution is 0.206. The number of ether oxygens (including phenoxy) is 1. The predicted octanol–water partition coefficient (Wildman–Crippen LogP) is 6.25. The molecule has 1 nitrogen and oxygen atoms in total. The summed E-state index contributed by atoms with van der Waals surface area (Å²) >= 11 is 19.2. The summed E-state index contributed by atoms with van der Waals surface area (Å²) in [4.78, 5) is 0. The lowest BCUT2D eigenvalue weighted by atomic mass is 9.71. The molecule has 1 aliphatic carbocycles. The highest BCUT2D eigenvalue weighted by Gasteiger charge is 2.36. The van der Waals surface area contributed by atoms with Gasteiger partial charge in [-0.1, -0.05) is 49.4 Å². The molecule has 0 amide bonds. The van der Waals surface area contributed by atoms with E-state index in [2.05, 4.69) is 6.92 Å². The highest BCUT2D eigenvalue weighted by Crippen LogP contribution is 2.51. The Hall–Kier alpha value is -0.110. The molecule has 0 aliphatic heterocycles. The zero-order chi connectivity index (χ0) is 14.0. The van der Waals surface area contributed by atoms with E-state index in [1.807, 2.05) is 6.07 Å². The molecule has 1 fully saturated rings. The molecule has 0 aromatic heterocycles. The Morgan fingerprint density at radius 2 is 1.74 bits per heavy atom. The molecule has 0 spiro atoms. The summed E-state index contributed by atoms with van der Waals surface area (Å²) in [5.41, 5.74) is 1.01. The Bertz CT molecular complexity index is 453. The molecule has 1 atom stereocenters. The van der Waals surface area contributed by atoms with Crippen LogP contribution in [0.3, 0.4) is 0 Å². The van der Waals surface area contributed by atoms with Gasteiger partial charge in [-0.05, 0) is 29.9 Å². The second-order valence-corrected chi connectivity index (χ2v) is 6.84. The van der Waals surface area contributed by atoms with Gasteiger partial charge >= 0.3 is 0 Å². The van der Waals surface area contributed by atoms with Crippen LogP contribution >= 0.6 is 34.8 Å². The summed E-state index contributed by atoms with van der Waals surface area (Å²) in [6.07, 6.45) is 6.06. The van der Waals surface area contributed by atoms with Crippen molar-refractivity contribution >= 4 is 34.8 Å². The van der Waals surface area contributed by atoms with Crippen LogP contribution in [0.4, 0.5) is 0 Å². The van der Waals surface area contributed by atoms with Gasteiger partial charge in [0.2, 0.25) is 0 Å². The van der Waals surface area contributed by atoms with Gasteiger partial charge in [0.05, 0.1) is 17.5 Å². The van der Waals surface area contributed by atoms with Crippen molar-refractivity contribution in [2.75, 3.05) is 7.11 Å². The van der Waals surface area contributed by atoms with Crippen LogP contribution in [0.2, 0.25) is 10.0 Å². The van der Waals surface area contributed by atoms with Gasteiger partial charge < -0.3 is 4.74 Å². The minimum Gasteiger partial charge on any atom is -0.495 e. The minimum atomic E-state index is -0.108. The third kappa shape index (κ3) is 3.15. The maximum absolute atomic E-state index is 6.72. The lowest BCUT2D eigenvalue weighted by Gasteiger charge is -2.38. The molecule has 1 aliphatic rings. The fourth-order valence-electron chi connectivity index (χ4n) is 2.88. The molecule has 0 radical (unpaired) electrons. The summed E-state index contributed by atoms with van der Waals surface area (Å²) < 4.78 is 5.17. The third-order valence-electron chi connectivity index (χ3n) is 4.15. The van der Waals surface area contributed by atoms with Crippen LogP contribution in [0.5, 0.6) is 5.75 Å². The van der Waals surface area contributed by atoms with Gasteiger partial charge in [0.25, 0.3) is 0 Å². The molecule has 1 aromatic carbocycles. The monoisotopic (exact) mass is 320 g/mol. The molecule has 0 bridgehead atoms. The first-order chi connectivity index (χ1) is 8.98. The van der Waals surface area contributed by atoms with E-state index < -0.39 is 0 Å². The van der Waals surface area contributed by atoms with Crippen LogP contribution in [0.25, 0.3) is 0 Å². The second-order valence-electron chi connectivity index (χ2n) is 5.59. The Morgan fingerprint density at radius 3 is 2.32 bits per heavy atom. The fourth-order valence-corrected chi connectivity index (χ4v) is 3.85. The third-order valence-corrected chi connectivity index (χ3v) is 5.54. The topological polar surface area (TPSA) is 9.23 Å². The molecule has 1 saturated carbocycles. The maximum atomic E-state index is 6.72. The van der Waals surface area contributed by atoms with Gasteiger partial charge in [-0.25, -0.2) is 0 Å². The maximum Gasteiger partial charge on any atom is 0.138 e.